The molecule has 4 saturated carbocycles. The van der Waals surface area contributed by atoms with E-state index in [9.17, 15) is 35.7 Å². The van der Waals surface area contributed by atoms with Crippen LogP contribution in [-0.2, 0) is 9.47 Å². The Hall–Kier alpha value is -0.620. The first-order valence-electron chi connectivity index (χ1n) is 17.4. The Kier molecular flexibility index (Phi) is 9.56. The van der Waals surface area contributed by atoms with Crippen molar-refractivity contribution >= 4 is 0 Å². The maximum atomic E-state index is 12.2. The molecule has 9 nitrogen and oxygen atoms in total. The van der Waals surface area contributed by atoms with Gasteiger partial charge in [0.25, 0.3) is 0 Å². The Morgan fingerprint density at radius 1 is 0.911 bits per heavy atom. The zero-order valence-corrected chi connectivity index (χ0v) is 28.8. The quantitative estimate of drug-likeness (QED) is 0.164. The van der Waals surface area contributed by atoms with Crippen LogP contribution in [0, 0.1) is 45.3 Å². The third kappa shape index (κ3) is 5.48. The van der Waals surface area contributed by atoms with Gasteiger partial charge in [-0.3, -0.25) is 0 Å². The average Bonchev–Trinajstić information content (AvgIpc) is 3.32. The van der Waals surface area contributed by atoms with Crippen molar-refractivity contribution in [2.45, 2.75) is 161 Å². The summed E-state index contributed by atoms with van der Waals surface area (Å²) in [5.74, 6) is -0.0748. The van der Waals surface area contributed by atoms with Crippen molar-refractivity contribution in [3.05, 3.63) is 11.6 Å². The monoisotopic (exact) mass is 638 g/mol. The van der Waals surface area contributed by atoms with Gasteiger partial charge in [-0.15, -0.1) is 0 Å². The number of rotatable bonds is 7. The molecule has 0 amide bonds. The van der Waals surface area contributed by atoms with Crippen molar-refractivity contribution in [2.24, 2.45) is 45.3 Å². The second-order valence-electron chi connectivity index (χ2n) is 17.5. The van der Waals surface area contributed by atoms with Gasteiger partial charge in [-0.1, -0.05) is 46.3 Å². The summed E-state index contributed by atoms with van der Waals surface area (Å²) < 4.78 is 12.1. The van der Waals surface area contributed by atoms with Crippen LogP contribution < -0.4 is 0 Å². The van der Waals surface area contributed by atoms with Crippen molar-refractivity contribution in [3.63, 3.8) is 0 Å². The van der Waals surface area contributed by atoms with Gasteiger partial charge in [0.05, 0.1) is 30.5 Å². The number of ether oxygens (including phenoxy) is 2. The number of hydrogen-bond acceptors (Lipinski definition) is 9. The van der Waals surface area contributed by atoms with Crippen molar-refractivity contribution < 1.29 is 45.2 Å². The molecule has 0 bridgehead atoms. The van der Waals surface area contributed by atoms with Crippen LogP contribution in [-0.4, -0.2) is 97.0 Å². The molecule has 4 aliphatic carbocycles. The summed E-state index contributed by atoms with van der Waals surface area (Å²) in [5.41, 5.74) is -0.992. The molecule has 4 unspecified atom stereocenters. The Balaban J connectivity index is 1.41. The van der Waals surface area contributed by atoms with E-state index in [0.29, 0.717) is 25.7 Å². The topological polar surface area (TPSA) is 160 Å². The smallest absolute Gasteiger partial charge is 0.186 e. The van der Waals surface area contributed by atoms with Crippen LogP contribution in [0.15, 0.2) is 11.6 Å². The minimum absolute atomic E-state index is 0.0115. The molecular weight excluding hydrogens is 576 g/mol. The van der Waals surface area contributed by atoms with E-state index in [1.807, 2.05) is 6.92 Å². The maximum absolute atomic E-state index is 12.2. The molecule has 7 N–H and O–H groups in total. The first kappa shape index (κ1) is 35.7. The summed E-state index contributed by atoms with van der Waals surface area (Å²) in [5, 5.41) is 77.0. The largest absolute Gasteiger partial charge is 0.394 e. The third-order valence-electron chi connectivity index (χ3n) is 14.4. The standard InChI is InChI=1S/C36H62O9/c1-19(2)10-9-13-36(8,43)20-11-15-34(6)26(20)21(38)16-24-33(5)14-12-25(32(3,4)30(33)22(39)17-35(24,34)7)45-31-29(42)28(41)27(40)23(18-37)44-31/h10,20-31,37-43H,9,11-18H2,1-8H3/t20?,21-,22+,23-,24?,25+,26?,27-,28+,29-,30?,31+,33-,34-,35-,36+/m1/s1. The Labute approximate surface area is 270 Å². The second kappa shape index (κ2) is 12.1. The van der Waals surface area contributed by atoms with Crippen LogP contribution in [0.25, 0.3) is 0 Å². The summed E-state index contributed by atoms with van der Waals surface area (Å²) in [7, 11) is 0. The predicted molar refractivity (Wildman–Crippen MR) is 170 cm³/mol. The van der Waals surface area contributed by atoms with E-state index in [4.69, 9.17) is 9.47 Å². The van der Waals surface area contributed by atoms with E-state index in [1.54, 1.807) is 0 Å². The highest BCUT2D eigenvalue weighted by molar-refractivity contribution is 5.21. The summed E-state index contributed by atoms with van der Waals surface area (Å²) in [6.07, 6.45) is -0.292. The summed E-state index contributed by atoms with van der Waals surface area (Å²) in [6.45, 7) is 16.7. The zero-order chi connectivity index (χ0) is 33.5. The van der Waals surface area contributed by atoms with E-state index in [2.05, 4.69) is 54.5 Å². The number of aliphatic hydroxyl groups excluding tert-OH is 6. The van der Waals surface area contributed by atoms with Gasteiger partial charge in [0.1, 0.15) is 24.4 Å². The van der Waals surface area contributed by atoms with E-state index in [1.165, 1.54) is 5.57 Å². The van der Waals surface area contributed by atoms with Crippen molar-refractivity contribution in [1.82, 2.24) is 0 Å². The lowest BCUT2D eigenvalue weighted by Gasteiger charge is -2.71. The molecule has 16 atom stereocenters. The zero-order valence-electron chi connectivity index (χ0n) is 28.8. The highest BCUT2D eigenvalue weighted by Gasteiger charge is 2.73. The first-order chi connectivity index (χ1) is 20.8. The van der Waals surface area contributed by atoms with Crippen LogP contribution >= 0.6 is 0 Å². The van der Waals surface area contributed by atoms with Gasteiger partial charge in [0.2, 0.25) is 0 Å². The van der Waals surface area contributed by atoms with Crippen LogP contribution in [0.1, 0.15) is 107 Å². The molecule has 9 heteroatoms. The van der Waals surface area contributed by atoms with E-state index in [-0.39, 0.29) is 39.9 Å². The minimum Gasteiger partial charge on any atom is -0.394 e. The lowest BCUT2D eigenvalue weighted by atomic mass is 9.34. The first-order valence-corrected chi connectivity index (χ1v) is 17.4. The molecule has 5 fully saturated rings. The number of allylic oxidation sites excluding steroid dienone is 2. The van der Waals surface area contributed by atoms with Crippen molar-refractivity contribution in [2.75, 3.05) is 6.61 Å². The van der Waals surface area contributed by atoms with E-state index >= 15 is 0 Å². The molecule has 0 spiro atoms. The average molecular weight is 639 g/mol. The molecular formula is C36H62O9. The number of hydrogen-bond donors (Lipinski definition) is 7. The normalized spacial score (nSPS) is 52.2. The van der Waals surface area contributed by atoms with E-state index < -0.39 is 66.6 Å². The molecule has 0 aromatic rings. The number of fused-ring (bicyclic) bond motifs is 5. The molecule has 1 heterocycles. The van der Waals surface area contributed by atoms with Crippen molar-refractivity contribution in [3.8, 4) is 0 Å². The molecule has 5 rings (SSSR count). The second-order valence-corrected chi connectivity index (χ2v) is 17.5. The third-order valence-corrected chi connectivity index (χ3v) is 14.4. The van der Waals surface area contributed by atoms with Crippen LogP contribution in [0.2, 0.25) is 0 Å². The molecule has 0 aromatic heterocycles. The summed E-state index contributed by atoms with van der Waals surface area (Å²) in [6, 6.07) is 0. The SMILES string of the molecule is CC(C)=CCC[C@](C)(O)C1CC[C@]2(C)C1[C@H](O)CC1[C@@]3(C)CC[C@H](O[C@@H]4O[C@H](CO)[C@@H](O)[C@H](O)[C@H]4O)C(C)(C)C3[C@@H](O)C[C@]12C. The van der Waals surface area contributed by atoms with Crippen molar-refractivity contribution in [1.29, 1.82) is 0 Å². The molecule has 260 valence electrons. The molecule has 45 heavy (non-hydrogen) atoms. The van der Waals surface area contributed by atoms with Crippen LogP contribution in [0.5, 0.6) is 0 Å². The maximum Gasteiger partial charge on any atom is 0.186 e. The predicted octanol–water partition coefficient (Wildman–Crippen LogP) is 3.30. The lowest BCUT2D eigenvalue weighted by Crippen LogP contribution is -2.70. The Morgan fingerprint density at radius 2 is 1.58 bits per heavy atom. The lowest BCUT2D eigenvalue weighted by molar-refractivity contribution is -0.337. The van der Waals surface area contributed by atoms with Crippen LogP contribution in [0.3, 0.4) is 0 Å². The van der Waals surface area contributed by atoms with Gasteiger partial charge in [-0.2, -0.15) is 0 Å². The Morgan fingerprint density at radius 3 is 2.20 bits per heavy atom. The van der Waals surface area contributed by atoms with Gasteiger partial charge in [0.15, 0.2) is 6.29 Å². The summed E-state index contributed by atoms with van der Waals surface area (Å²) in [4.78, 5) is 0. The minimum atomic E-state index is -1.51. The fraction of sp³-hybridized carbons (Fsp3) is 0.944. The molecule has 0 radical (unpaired) electrons. The highest BCUT2D eigenvalue weighted by Crippen LogP contribution is 2.76. The van der Waals surface area contributed by atoms with Gasteiger partial charge in [-0.05, 0) is 117 Å². The van der Waals surface area contributed by atoms with Crippen LogP contribution in [0.4, 0.5) is 0 Å². The fourth-order valence-electron chi connectivity index (χ4n) is 12.0. The molecule has 1 aliphatic heterocycles. The molecule has 0 aromatic carbocycles. The molecule has 5 aliphatic rings. The molecule has 1 saturated heterocycles. The van der Waals surface area contributed by atoms with Gasteiger partial charge in [-0.25, -0.2) is 0 Å². The highest BCUT2D eigenvalue weighted by atomic mass is 16.7. The van der Waals surface area contributed by atoms with Gasteiger partial charge < -0.3 is 45.2 Å². The fourth-order valence-corrected chi connectivity index (χ4v) is 12.0. The summed E-state index contributed by atoms with van der Waals surface area (Å²) >= 11 is 0. The number of aliphatic hydroxyl groups is 7. The van der Waals surface area contributed by atoms with Gasteiger partial charge >= 0.3 is 0 Å². The van der Waals surface area contributed by atoms with E-state index in [0.717, 1.165) is 25.7 Å². The van der Waals surface area contributed by atoms with Gasteiger partial charge in [0, 0.05) is 0 Å². The Bertz CT molecular complexity index is 1100.